The smallest absolute Gasteiger partial charge is 0.410 e. The predicted molar refractivity (Wildman–Crippen MR) is 123 cm³/mol. The molecule has 0 aliphatic heterocycles. The van der Waals surface area contributed by atoms with E-state index in [1.54, 1.807) is 24.3 Å². The molecule has 8 heteroatoms. The highest BCUT2D eigenvalue weighted by Gasteiger charge is 2.23. The van der Waals surface area contributed by atoms with Gasteiger partial charge in [0.2, 0.25) is 0 Å². The lowest BCUT2D eigenvalue weighted by Crippen LogP contribution is -2.33. The minimum Gasteiger partial charge on any atom is -0.410 e. The van der Waals surface area contributed by atoms with E-state index in [0.717, 1.165) is 11.1 Å². The Hall–Kier alpha value is -4.20. The molecule has 0 aliphatic rings. The predicted octanol–water partition coefficient (Wildman–Crippen LogP) is 4.39. The number of imide groups is 2. The summed E-state index contributed by atoms with van der Waals surface area (Å²) in [7, 11) is 0. The molecule has 8 nitrogen and oxygen atoms in total. The zero-order valence-corrected chi connectivity index (χ0v) is 19.0. The van der Waals surface area contributed by atoms with Crippen molar-refractivity contribution in [3.05, 3.63) is 84.0 Å². The fourth-order valence-electron chi connectivity index (χ4n) is 2.71. The van der Waals surface area contributed by atoms with Crippen molar-refractivity contribution < 1.29 is 28.7 Å². The van der Waals surface area contributed by atoms with E-state index in [9.17, 15) is 19.2 Å². The quantitative estimate of drug-likeness (QED) is 0.632. The molecular formula is C25H26N2O6. The van der Waals surface area contributed by atoms with Crippen molar-refractivity contribution in [1.82, 2.24) is 10.6 Å². The number of benzene rings is 2. The van der Waals surface area contributed by atoms with Gasteiger partial charge in [-0.15, -0.1) is 0 Å². The van der Waals surface area contributed by atoms with E-state index in [4.69, 9.17) is 9.47 Å². The lowest BCUT2D eigenvalue weighted by molar-refractivity contribution is -0.117. The van der Waals surface area contributed by atoms with Crippen molar-refractivity contribution in [3.8, 4) is 11.5 Å². The van der Waals surface area contributed by atoms with Crippen LogP contribution in [0.1, 0.15) is 38.8 Å². The molecule has 2 aromatic rings. The van der Waals surface area contributed by atoms with Crippen molar-refractivity contribution in [1.29, 1.82) is 0 Å². The maximum atomic E-state index is 11.8. The first-order chi connectivity index (χ1) is 15.4. The van der Waals surface area contributed by atoms with E-state index >= 15 is 0 Å². The van der Waals surface area contributed by atoms with Crippen LogP contribution in [0.4, 0.5) is 9.59 Å². The zero-order valence-electron chi connectivity index (χ0n) is 19.0. The van der Waals surface area contributed by atoms with Gasteiger partial charge in [-0.3, -0.25) is 20.2 Å². The van der Waals surface area contributed by atoms with Crippen LogP contribution >= 0.6 is 0 Å². The van der Waals surface area contributed by atoms with E-state index in [1.807, 2.05) is 38.1 Å². The summed E-state index contributed by atoms with van der Waals surface area (Å²) in [5.41, 5.74) is 1.84. The van der Waals surface area contributed by atoms with Crippen LogP contribution in [0.25, 0.3) is 0 Å². The van der Waals surface area contributed by atoms with Gasteiger partial charge in [0.15, 0.2) is 0 Å². The summed E-state index contributed by atoms with van der Waals surface area (Å²) in [6.07, 6.45) is -1.78. The van der Waals surface area contributed by atoms with Crippen molar-refractivity contribution in [2.45, 2.75) is 33.1 Å². The SMILES string of the molecule is C=C(C)C(=O)NC(=O)Oc1ccc(C(C)(C)c2ccc(OC(=O)NC(=O)C(=C)C)cc2)cc1. The Labute approximate surface area is 192 Å². The number of nitrogens with one attached hydrogen (secondary N) is 2. The van der Waals surface area contributed by atoms with Crippen LogP contribution in [0, 0.1) is 0 Å². The van der Waals surface area contributed by atoms with Crippen LogP contribution in [-0.4, -0.2) is 24.0 Å². The number of amides is 4. The molecular weight excluding hydrogens is 424 g/mol. The highest BCUT2D eigenvalue weighted by atomic mass is 16.6. The molecule has 0 saturated heterocycles. The summed E-state index contributed by atoms with van der Waals surface area (Å²) in [6, 6.07) is 13.7. The largest absolute Gasteiger partial charge is 0.419 e. The Morgan fingerprint density at radius 1 is 0.667 bits per heavy atom. The van der Waals surface area contributed by atoms with E-state index in [0.29, 0.717) is 0 Å². The standard InChI is InChI=1S/C25H26N2O6/c1-15(2)21(28)26-23(30)32-19-11-7-17(8-12-19)25(5,6)18-9-13-20(14-10-18)33-24(31)27-22(29)16(3)4/h7-14H,1,3H2,2,4-6H3,(H,26,28,30)(H,27,29,31). The highest BCUT2D eigenvalue weighted by molar-refractivity contribution is 6.02. The maximum Gasteiger partial charge on any atom is 0.419 e. The average Bonchev–Trinajstić information content (AvgIpc) is 2.74. The molecule has 2 N–H and O–H groups in total. The van der Waals surface area contributed by atoms with Gasteiger partial charge in [-0.1, -0.05) is 51.3 Å². The van der Waals surface area contributed by atoms with E-state index in [1.165, 1.54) is 13.8 Å². The third kappa shape index (κ3) is 6.90. The fraction of sp³-hybridized carbons (Fsp3) is 0.200. The van der Waals surface area contributed by atoms with Gasteiger partial charge in [0.05, 0.1) is 0 Å². The summed E-state index contributed by atoms with van der Waals surface area (Å²) >= 11 is 0. The van der Waals surface area contributed by atoms with Crippen LogP contribution in [0.5, 0.6) is 11.5 Å². The number of carbonyl (C=O) groups is 4. The number of hydrogen-bond acceptors (Lipinski definition) is 6. The van der Waals surface area contributed by atoms with Gasteiger partial charge in [0.25, 0.3) is 11.8 Å². The Morgan fingerprint density at radius 2 is 0.970 bits per heavy atom. The maximum absolute atomic E-state index is 11.8. The normalized spacial score (nSPS) is 10.5. The molecule has 0 unspecified atom stereocenters. The lowest BCUT2D eigenvalue weighted by atomic mass is 9.78. The van der Waals surface area contributed by atoms with Crippen LogP contribution in [0.15, 0.2) is 72.8 Å². The molecule has 33 heavy (non-hydrogen) atoms. The summed E-state index contributed by atoms with van der Waals surface area (Å²) in [5.74, 6) is -0.656. The van der Waals surface area contributed by atoms with Crippen molar-refractivity contribution in [3.63, 3.8) is 0 Å². The fourth-order valence-corrected chi connectivity index (χ4v) is 2.71. The van der Waals surface area contributed by atoms with Crippen molar-refractivity contribution in [2.75, 3.05) is 0 Å². The molecule has 4 amide bonds. The Bertz CT molecular complexity index is 1010. The van der Waals surface area contributed by atoms with Crippen LogP contribution in [-0.2, 0) is 15.0 Å². The molecule has 0 bridgehead atoms. The molecule has 0 atom stereocenters. The number of hydrogen-bond donors (Lipinski definition) is 2. The third-order valence-electron chi connectivity index (χ3n) is 4.78. The van der Waals surface area contributed by atoms with E-state index in [2.05, 4.69) is 23.8 Å². The summed E-state index contributed by atoms with van der Waals surface area (Å²) in [4.78, 5) is 46.5. The number of carbonyl (C=O) groups excluding carboxylic acids is 4. The van der Waals surface area contributed by atoms with Crippen LogP contribution in [0.2, 0.25) is 0 Å². The van der Waals surface area contributed by atoms with E-state index < -0.39 is 29.4 Å². The average molecular weight is 450 g/mol. The molecule has 0 heterocycles. The molecule has 0 saturated carbocycles. The van der Waals surface area contributed by atoms with E-state index in [-0.39, 0.29) is 22.6 Å². The van der Waals surface area contributed by atoms with Crippen LogP contribution < -0.4 is 20.1 Å². The number of ether oxygens (including phenoxy) is 2. The highest BCUT2D eigenvalue weighted by Crippen LogP contribution is 2.33. The van der Waals surface area contributed by atoms with Gasteiger partial charge in [0, 0.05) is 16.6 Å². The molecule has 0 spiro atoms. The zero-order chi connectivity index (χ0) is 24.8. The first-order valence-electron chi connectivity index (χ1n) is 9.98. The molecule has 0 fully saturated rings. The third-order valence-corrected chi connectivity index (χ3v) is 4.78. The Kier molecular flexibility index (Phi) is 7.90. The summed E-state index contributed by atoms with van der Waals surface area (Å²) < 4.78 is 10.2. The van der Waals surface area contributed by atoms with Crippen molar-refractivity contribution in [2.24, 2.45) is 0 Å². The minimum absolute atomic E-state index is 0.196. The van der Waals surface area contributed by atoms with Gasteiger partial charge in [-0.05, 0) is 49.2 Å². The van der Waals surface area contributed by atoms with Crippen LogP contribution in [0.3, 0.4) is 0 Å². The Balaban J connectivity index is 2.05. The number of rotatable bonds is 6. The molecule has 2 aromatic carbocycles. The van der Waals surface area contributed by atoms with Gasteiger partial charge in [-0.25, -0.2) is 9.59 Å². The topological polar surface area (TPSA) is 111 Å². The minimum atomic E-state index is -0.889. The molecule has 2 rings (SSSR count). The lowest BCUT2D eigenvalue weighted by Gasteiger charge is -2.26. The first-order valence-corrected chi connectivity index (χ1v) is 9.98. The second kappa shape index (κ2) is 10.4. The van der Waals surface area contributed by atoms with Crippen molar-refractivity contribution >= 4 is 24.0 Å². The summed E-state index contributed by atoms with van der Waals surface area (Å²) in [6.45, 7) is 13.9. The first kappa shape index (κ1) is 25.1. The molecule has 0 aromatic heterocycles. The van der Waals surface area contributed by atoms with Gasteiger partial charge < -0.3 is 9.47 Å². The molecule has 0 aliphatic carbocycles. The van der Waals surface area contributed by atoms with Gasteiger partial charge >= 0.3 is 12.2 Å². The van der Waals surface area contributed by atoms with Gasteiger partial charge in [-0.2, -0.15) is 0 Å². The molecule has 0 radical (unpaired) electrons. The second-order valence-corrected chi connectivity index (χ2v) is 7.92. The Morgan fingerprint density at radius 3 is 1.24 bits per heavy atom. The monoisotopic (exact) mass is 450 g/mol. The van der Waals surface area contributed by atoms with Gasteiger partial charge in [0.1, 0.15) is 11.5 Å². The summed E-state index contributed by atoms with van der Waals surface area (Å²) in [5, 5.41) is 4.14. The molecule has 172 valence electrons. The second-order valence-electron chi connectivity index (χ2n) is 7.92.